The number of carbonyl (C=O) groups excluding carboxylic acids is 2. The van der Waals surface area contributed by atoms with Crippen molar-refractivity contribution in [2.24, 2.45) is 5.41 Å². The molecule has 2 amide bonds. The van der Waals surface area contributed by atoms with Crippen LogP contribution in [0.15, 0.2) is 42.5 Å². The maximum Gasteiger partial charge on any atom is 0.240 e. The molecular weight excluding hydrogens is 374 g/mol. The molecule has 0 radical (unpaired) electrons. The van der Waals surface area contributed by atoms with Crippen LogP contribution < -0.4 is 15.5 Å². The van der Waals surface area contributed by atoms with Gasteiger partial charge in [0, 0.05) is 35.2 Å². The lowest BCUT2D eigenvalue weighted by atomic mass is 10.0. The van der Waals surface area contributed by atoms with Gasteiger partial charge in [0.15, 0.2) is 0 Å². The zero-order valence-corrected chi connectivity index (χ0v) is 17.3. The van der Waals surface area contributed by atoms with Crippen molar-refractivity contribution >= 4 is 40.5 Å². The Morgan fingerprint density at radius 2 is 1.71 bits per heavy atom. The third kappa shape index (κ3) is 4.14. The molecule has 1 aliphatic carbocycles. The number of anilines is 3. The lowest BCUT2D eigenvalue weighted by Crippen LogP contribution is -2.35. The third-order valence-corrected chi connectivity index (χ3v) is 5.52. The average molecular weight is 400 g/mol. The van der Waals surface area contributed by atoms with E-state index < -0.39 is 5.41 Å². The van der Waals surface area contributed by atoms with Crippen molar-refractivity contribution in [2.45, 2.75) is 33.6 Å². The average Bonchev–Trinajstić information content (AvgIpc) is 3.47. The molecule has 0 aromatic heterocycles. The number of amides is 2. The summed E-state index contributed by atoms with van der Waals surface area (Å²) in [6, 6.07) is 12.9. The molecule has 2 aromatic carbocycles. The first-order valence-electron chi connectivity index (χ1n) is 9.63. The molecule has 0 aliphatic heterocycles. The molecule has 5 nitrogen and oxygen atoms in total. The highest BCUT2D eigenvalue weighted by molar-refractivity contribution is 6.31. The van der Waals surface area contributed by atoms with Crippen LogP contribution in [0, 0.1) is 12.3 Å². The van der Waals surface area contributed by atoms with Crippen molar-refractivity contribution in [1.29, 1.82) is 0 Å². The first-order valence-corrected chi connectivity index (χ1v) is 10.0. The molecule has 0 spiro atoms. The lowest BCUT2D eigenvalue weighted by molar-refractivity contribution is -0.131. The lowest BCUT2D eigenvalue weighted by Gasteiger charge is -2.22. The SMILES string of the molecule is CCN(CC)c1ccc(NC(=O)C2(C(=O)Nc3cccc(Cl)c3)CC2)c(C)c1. The molecule has 0 bridgehead atoms. The fourth-order valence-electron chi connectivity index (χ4n) is 3.31. The zero-order valence-electron chi connectivity index (χ0n) is 16.5. The molecular formula is C22H26ClN3O2. The number of hydrogen-bond acceptors (Lipinski definition) is 3. The van der Waals surface area contributed by atoms with Gasteiger partial charge < -0.3 is 15.5 Å². The smallest absolute Gasteiger partial charge is 0.240 e. The molecule has 0 atom stereocenters. The minimum Gasteiger partial charge on any atom is -0.372 e. The minimum absolute atomic E-state index is 0.259. The van der Waals surface area contributed by atoms with Crippen LogP contribution in [0.3, 0.4) is 0 Å². The van der Waals surface area contributed by atoms with E-state index in [-0.39, 0.29) is 11.8 Å². The van der Waals surface area contributed by atoms with E-state index in [1.165, 1.54) is 0 Å². The van der Waals surface area contributed by atoms with E-state index in [0.29, 0.717) is 23.6 Å². The summed E-state index contributed by atoms with van der Waals surface area (Å²) in [5.41, 5.74) is 2.43. The second-order valence-electron chi connectivity index (χ2n) is 7.17. The highest BCUT2D eigenvalue weighted by atomic mass is 35.5. The summed E-state index contributed by atoms with van der Waals surface area (Å²) in [5, 5.41) is 6.30. The van der Waals surface area contributed by atoms with E-state index in [4.69, 9.17) is 11.6 Å². The molecule has 6 heteroatoms. The van der Waals surface area contributed by atoms with Gasteiger partial charge in [0.05, 0.1) is 0 Å². The molecule has 0 heterocycles. The second-order valence-corrected chi connectivity index (χ2v) is 7.61. The zero-order chi connectivity index (χ0) is 20.3. The fraction of sp³-hybridized carbons (Fsp3) is 0.364. The topological polar surface area (TPSA) is 61.4 Å². The van der Waals surface area contributed by atoms with Gasteiger partial charge >= 0.3 is 0 Å². The van der Waals surface area contributed by atoms with Gasteiger partial charge in [-0.1, -0.05) is 17.7 Å². The largest absolute Gasteiger partial charge is 0.372 e. The van der Waals surface area contributed by atoms with E-state index in [1.807, 2.05) is 19.1 Å². The van der Waals surface area contributed by atoms with Gasteiger partial charge in [-0.3, -0.25) is 9.59 Å². The van der Waals surface area contributed by atoms with Crippen LogP contribution >= 0.6 is 11.6 Å². The van der Waals surface area contributed by atoms with E-state index in [1.54, 1.807) is 24.3 Å². The predicted octanol–water partition coefficient (Wildman–Crippen LogP) is 4.85. The first kappa shape index (κ1) is 20.2. The summed E-state index contributed by atoms with van der Waals surface area (Å²) in [6.07, 6.45) is 1.09. The second kappa shape index (κ2) is 8.23. The number of halogens is 1. The molecule has 0 saturated heterocycles. The molecule has 2 aromatic rings. The van der Waals surface area contributed by atoms with Gasteiger partial charge in [-0.05, 0) is 75.6 Å². The molecule has 3 rings (SSSR count). The van der Waals surface area contributed by atoms with Crippen LogP contribution in [-0.4, -0.2) is 24.9 Å². The van der Waals surface area contributed by atoms with Gasteiger partial charge in [-0.25, -0.2) is 0 Å². The van der Waals surface area contributed by atoms with Crippen LogP contribution in [0.25, 0.3) is 0 Å². The highest BCUT2D eigenvalue weighted by Gasteiger charge is 2.56. The van der Waals surface area contributed by atoms with E-state index >= 15 is 0 Å². The van der Waals surface area contributed by atoms with Crippen LogP contribution in [-0.2, 0) is 9.59 Å². The Labute approximate surface area is 171 Å². The Morgan fingerprint density at radius 3 is 2.29 bits per heavy atom. The highest BCUT2D eigenvalue weighted by Crippen LogP contribution is 2.47. The summed E-state index contributed by atoms with van der Waals surface area (Å²) in [7, 11) is 0. The van der Waals surface area contributed by atoms with Crippen molar-refractivity contribution in [1.82, 2.24) is 0 Å². The van der Waals surface area contributed by atoms with Gasteiger partial charge in [-0.15, -0.1) is 0 Å². The van der Waals surface area contributed by atoms with Crippen LogP contribution in [0.4, 0.5) is 17.1 Å². The van der Waals surface area contributed by atoms with Gasteiger partial charge in [0.2, 0.25) is 11.8 Å². The normalized spacial score (nSPS) is 14.3. The van der Waals surface area contributed by atoms with Crippen molar-refractivity contribution < 1.29 is 9.59 Å². The standard InChI is InChI=1S/C22H26ClN3O2/c1-4-26(5-2)18-9-10-19(15(3)13-18)25-21(28)22(11-12-22)20(27)24-17-8-6-7-16(23)14-17/h6-10,13-14H,4-5,11-12H2,1-3H3,(H,24,27)(H,25,28). The Bertz CT molecular complexity index is 889. The van der Waals surface area contributed by atoms with Gasteiger partial charge in [0.25, 0.3) is 0 Å². The molecule has 2 N–H and O–H groups in total. The van der Waals surface area contributed by atoms with E-state index in [9.17, 15) is 9.59 Å². The number of nitrogens with one attached hydrogen (secondary N) is 2. The molecule has 1 saturated carbocycles. The van der Waals surface area contributed by atoms with Crippen LogP contribution in [0.1, 0.15) is 32.3 Å². The molecule has 148 valence electrons. The summed E-state index contributed by atoms with van der Waals surface area (Å²) in [4.78, 5) is 27.8. The Morgan fingerprint density at radius 1 is 1.04 bits per heavy atom. The quantitative estimate of drug-likeness (QED) is 0.654. The number of hydrogen-bond donors (Lipinski definition) is 2. The molecule has 1 aliphatic rings. The first-order chi connectivity index (χ1) is 13.4. The van der Waals surface area contributed by atoms with Crippen LogP contribution in [0.2, 0.25) is 5.02 Å². The van der Waals surface area contributed by atoms with Crippen molar-refractivity contribution in [2.75, 3.05) is 28.6 Å². The van der Waals surface area contributed by atoms with Crippen molar-refractivity contribution in [3.05, 3.63) is 53.1 Å². The molecule has 1 fully saturated rings. The van der Waals surface area contributed by atoms with E-state index in [2.05, 4.69) is 35.4 Å². The Kier molecular flexibility index (Phi) is 5.94. The fourth-order valence-corrected chi connectivity index (χ4v) is 3.50. The van der Waals surface area contributed by atoms with E-state index in [0.717, 1.165) is 30.0 Å². The summed E-state index contributed by atoms with van der Waals surface area (Å²) in [6.45, 7) is 8.05. The maximum absolute atomic E-state index is 12.9. The third-order valence-electron chi connectivity index (χ3n) is 5.29. The predicted molar refractivity (Wildman–Crippen MR) is 115 cm³/mol. The van der Waals surface area contributed by atoms with Gasteiger partial charge in [-0.2, -0.15) is 0 Å². The Hall–Kier alpha value is -2.53. The summed E-state index contributed by atoms with van der Waals surface area (Å²) >= 11 is 5.97. The number of carbonyl (C=O) groups is 2. The molecule has 28 heavy (non-hydrogen) atoms. The summed E-state index contributed by atoms with van der Waals surface area (Å²) in [5.74, 6) is -0.546. The number of rotatable bonds is 7. The monoisotopic (exact) mass is 399 g/mol. The van der Waals surface area contributed by atoms with Gasteiger partial charge in [0.1, 0.15) is 5.41 Å². The van der Waals surface area contributed by atoms with Crippen LogP contribution in [0.5, 0.6) is 0 Å². The Balaban J connectivity index is 1.71. The minimum atomic E-state index is -1.01. The number of aryl methyl sites for hydroxylation is 1. The summed E-state index contributed by atoms with van der Waals surface area (Å²) < 4.78 is 0. The van der Waals surface area contributed by atoms with Crippen molar-refractivity contribution in [3.63, 3.8) is 0 Å². The van der Waals surface area contributed by atoms with Crippen molar-refractivity contribution in [3.8, 4) is 0 Å². The number of nitrogens with zero attached hydrogens (tertiary/aromatic N) is 1. The maximum atomic E-state index is 12.9. The number of benzene rings is 2. The molecule has 0 unspecified atom stereocenters.